The fraction of sp³-hybridized carbons (Fsp3) is 0. The Morgan fingerprint density at radius 3 is 2.48 bits per heavy atom. The van der Waals surface area contributed by atoms with Crippen LogP contribution >= 0.6 is 0 Å². The molecule has 0 aliphatic rings. The van der Waals surface area contributed by atoms with Gasteiger partial charge in [-0.15, -0.1) is 5.10 Å². The largest absolute Gasteiger partial charge is 0.508 e. The van der Waals surface area contributed by atoms with Gasteiger partial charge in [-0.2, -0.15) is 5.10 Å². The zero-order valence-corrected chi connectivity index (χ0v) is 12.7. The summed E-state index contributed by atoms with van der Waals surface area (Å²) in [5, 5.41) is 17.4. The van der Waals surface area contributed by atoms with Crippen molar-refractivity contribution in [1.82, 2.24) is 15.2 Å². The van der Waals surface area contributed by atoms with E-state index in [4.69, 9.17) is 5.73 Å². The highest BCUT2D eigenvalue weighted by Crippen LogP contribution is 2.14. The second-order valence-corrected chi connectivity index (χ2v) is 4.75. The monoisotopic (exact) mass is 304 g/mol. The topological polar surface area (TPSA) is 84.9 Å². The standard InChI is InChI=1S/C17H17BN4O/c1-3-13(10-11-14(23)4-2)18-16-15(20-17(19)22-21-16)12-8-6-5-7-9-12/h3-11,18,23H,1-2H2,(H2,19,20,22)/b13-10+,14-11+. The zero-order chi connectivity index (χ0) is 16.7. The van der Waals surface area contributed by atoms with Gasteiger partial charge in [0.05, 0.1) is 11.3 Å². The first kappa shape index (κ1) is 16.2. The van der Waals surface area contributed by atoms with Gasteiger partial charge in [0.1, 0.15) is 5.76 Å². The van der Waals surface area contributed by atoms with E-state index in [1.807, 2.05) is 30.3 Å². The maximum atomic E-state index is 9.44. The molecule has 0 unspecified atom stereocenters. The number of aliphatic hydroxyl groups is 1. The van der Waals surface area contributed by atoms with E-state index in [2.05, 4.69) is 28.3 Å². The average molecular weight is 304 g/mol. The van der Waals surface area contributed by atoms with Crippen molar-refractivity contribution in [3.63, 3.8) is 0 Å². The fourth-order valence-corrected chi connectivity index (χ4v) is 1.96. The molecule has 0 saturated heterocycles. The summed E-state index contributed by atoms with van der Waals surface area (Å²) >= 11 is 0. The van der Waals surface area contributed by atoms with Gasteiger partial charge in [0.25, 0.3) is 0 Å². The Morgan fingerprint density at radius 1 is 1.09 bits per heavy atom. The third-order valence-electron chi connectivity index (χ3n) is 3.13. The molecule has 1 aromatic heterocycles. The minimum atomic E-state index is 0.0779. The second kappa shape index (κ2) is 7.75. The van der Waals surface area contributed by atoms with Gasteiger partial charge >= 0.3 is 0 Å². The molecule has 0 fully saturated rings. The number of nitrogens with zero attached hydrogens (tertiary/aromatic N) is 3. The van der Waals surface area contributed by atoms with Crippen molar-refractivity contribution < 1.29 is 5.11 Å². The molecule has 2 aromatic rings. The minimum Gasteiger partial charge on any atom is -0.508 e. The number of allylic oxidation sites excluding steroid dienone is 5. The van der Waals surface area contributed by atoms with Crippen LogP contribution < -0.4 is 11.3 Å². The van der Waals surface area contributed by atoms with E-state index < -0.39 is 0 Å². The van der Waals surface area contributed by atoms with Crippen molar-refractivity contribution in [2.75, 3.05) is 5.73 Å². The quantitative estimate of drug-likeness (QED) is 0.483. The first-order valence-electron chi connectivity index (χ1n) is 7.03. The molecule has 0 spiro atoms. The molecule has 0 amide bonds. The smallest absolute Gasteiger partial charge is 0.240 e. The molecule has 0 aliphatic carbocycles. The maximum Gasteiger partial charge on any atom is 0.240 e. The SMILES string of the molecule is C=C/C(Bc1nnc(N)nc1-c1ccccc1)=C\C=C(\O)C=C. The number of hydrogen-bond donors (Lipinski definition) is 2. The van der Waals surface area contributed by atoms with E-state index in [0.717, 1.165) is 11.0 Å². The Hall–Kier alpha value is -3.15. The summed E-state index contributed by atoms with van der Waals surface area (Å²) in [5.74, 6) is 0.204. The molecule has 0 radical (unpaired) electrons. The van der Waals surface area contributed by atoms with Crippen LogP contribution in [0.3, 0.4) is 0 Å². The Morgan fingerprint density at radius 2 is 1.83 bits per heavy atom. The highest BCUT2D eigenvalue weighted by atomic mass is 16.3. The van der Waals surface area contributed by atoms with Crippen LogP contribution in [0, 0.1) is 0 Å². The van der Waals surface area contributed by atoms with Gasteiger partial charge in [0.2, 0.25) is 13.2 Å². The summed E-state index contributed by atoms with van der Waals surface area (Å²) in [4.78, 5) is 4.30. The number of nitrogen functional groups attached to an aromatic ring is 1. The average Bonchev–Trinajstić information content (AvgIpc) is 2.60. The zero-order valence-electron chi connectivity index (χ0n) is 12.7. The van der Waals surface area contributed by atoms with Crippen molar-refractivity contribution in [2.24, 2.45) is 0 Å². The molecule has 6 heteroatoms. The molecule has 0 saturated carbocycles. The number of aliphatic hydroxyl groups excluding tert-OH is 1. The van der Waals surface area contributed by atoms with Gasteiger partial charge in [-0.1, -0.05) is 61.1 Å². The highest BCUT2D eigenvalue weighted by molar-refractivity contribution is 6.62. The van der Waals surface area contributed by atoms with Crippen LogP contribution in [0.15, 0.2) is 79.0 Å². The molecule has 1 aromatic carbocycles. The Labute approximate surface area is 135 Å². The van der Waals surface area contributed by atoms with Crippen LogP contribution in [-0.2, 0) is 0 Å². The predicted octanol–water partition coefficient (Wildman–Crippen LogP) is 1.88. The lowest BCUT2D eigenvalue weighted by atomic mass is 9.64. The van der Waals surface area contributed by atoms with Gasteiger partial charge in [0.15, 0.2) is 0 Å². The van der Waals surface area contributed by atoms with Crippen LogP contribution in [0.2, 0.25) is 0 Å². The number of hydrogen-bond acceptors (Lipinski definition) is 5. The van der Waals surface area contributed by atoms with Crippen molar-refractivity contribution in [1.29, 1.82) is 0 Å². The summed E-state index contributed by atoms with van der Waals surface area (Å²) in [6.07, 6.45) is 6.35. The lowest BCUT2D eigenvalue weighted by Gasteiger charge is -2.07. The number of nitrogens with two attached hydrogens (primary N) is 1. The number of benzene rings is 1. The fourth-order valence-electron chi connectivity index (χ4n) is 1.96. The van der Waals surface area contributed by atoms with E-state index in [-0.39, 0.29) is 11.7 Å². The van der Waals surface area contributed by atoms with Crippen LogP contribution in [0.1, 0.15) is 0 Å². The lowest BCUT2D eigenvalue weighted by molar-refractivity contribution is 0.433. The minimum absolute atomic E-state index is 0.0779. The van der Waals surface area contributed by atoms with Gasteiger partial charge in [-0.25, -0.2) is 4.98 Å². The summed E-state index contributed by atoms with van der Waals surface area (Å²) in [7, 11) is 0.467. The summed E-state index contributed by atoms with van der Waals surface area (Å²) in [5.41, 5.74) is 8.81. The van der Waals surface area contributed by atoms with E-state index in [9.17, 15) is 5.11 Å². The molecular weight excluding hydrogens is 287 g/mol. The summed E-state index contributed by atoms with van der Waals surface area (Å²) in [6.45, 7) is 7.27. The first-order valence-corrected chi connectivity index (χ1v) is 7.03. The normalized spacial score (nSPS) is 11.8. The highest BCUT2D eigenvalue weighted by Gasteiger charge is 2.12. The summed E-state index contributed by atoms with van der Waals surface area (Å²) < 4.78 is 0. The molecular formula is C17H17BN4O. The maximum absolute atomic E-state index is 9.44. The van der Waals surface area contributed by atoms with Crippen LogP contribution in [-0.4, -0.2) is 27.6 Å². The van der Waals surface area contributed by atoms with Crippen molar-refractivity contribution >= 4 is 18.8 Å². The molecule has 0 atom stereocenters. The van der Waals surface area contributed by atoms with Crippen LogP contribution in [0.5, 0.6) is 0 Å². The molecule has 23 heavy (non-hydrogen) atoms. The van der Waals surface area contributed by atoms with Crippen molar-refractivity contribution in [2.45, 2.75) is 0 Å². The van der Waals surface area contributed by atoms with Crippen LogP contribution in [0.25, 0.3) is 11.3 Å². The predicted molar refractivity (Wildman–Crippen MR) is 95.6 cm³/mol. The third kappa shape index (κ3) is 4.41. The number of anilines is 1. The summed E-state index contributed by atoms with van der Waals surface area (Å²) in [6, 6.07) is 9.65. The second-order valence-electron chi connectivity index (χ2n) is 4.75. The van der Waals surface area contributed by atoms with Gasteiger partial charge < -0.3 is 10.8 Å². The third-order valence-corrected chi connectivity index (χ3v) is 3.13. The molecule has 114 valence electrons. The number of aromatic nitrogens is 3. The van der Waals surface area contributed by atoms with E-state index in [1.54, 1.807) is 18.2 Å². The van der Waals surface area contributed by atoms with Gasteiger partial charge in [-0.05, 0) is 12.2 Å². The molecule has 1 heterocycles. The molecule has 5 nitrogen and oxygen atoms in total. The molecule has 2 rings (SSSR count). The van der Waals surface area contributed by atoms with E-state index >= 15 is 0 Å². The lowest BCUT2D eigenvalue weighted by Crippen LogP contribution is -2.26. The molecule has 3 N–H and O–H groups in total. The van der Waals surface area contributed by atoms with E-state index in [0.29, 0.717) is 18.6 Å². The Bertz CT molecular complexity index is 769. The first-order chi connectivity index (χ1) is 11.1. The van der Waals surface area contributed by atoms with Crippen molar-refractivity contribution in [3.8, 4) is 11.3 Å². The van der Waals surface area contributed by atoms with Gasteiger partial charge in [0, 0.05) is 5.56 Å². The van der Waals surface area contributed by atoms with Crippen molar-refractivity contribution in [3.05, 3.63) is 79.0 Å². The molecule has 0 aliphatic heterocycles. The van der Waals surface area contributed by atoms with Gasteiger partial charge in [-0.3, -0.25) is 0 Å². The van der Waals surface area contributed by atoms with E-state index in [1.165, 1.54) is 6.08 Å². The van der Waals surface area contributed by atoms with Crippen LogP contribution in [0.4, 0.5) is 5.95 Å². The Kier molecular flexibility index (Phi) is 5.47. The Balaban J connectivity index is 2.40. The molecule has 0 bridgehead atoms. The number of rotatable bonds is 6.